The lowest BCUT2D eigenvalue weighted by Gasteiger charge is -2.28. The zero-order valence-corrected chi connectivity index (χ0v) is 11.0. The molecule has 5 nitrogen and oxygen atoms in total. The number of carboxylic acids is 1. The number of carbonyl (C=O) groups is 1. The summed E-state index contributed by atoms with van der Waals surface area (Å²) in [7, 11) is 1.60. The van der Waals surface area contributed by atoms with Gasteiger partial charge in [-0.1, -0.05) is 0 Å². The van der Waals surface area contributed by atoms with Crippen LogP contribution in [-0.2, 0) is 9.53 Å². The van der Waals surface area contributed by atoms with Gasteiger partial charge in [0.05, 0.1) is 13.7 Å². The van der Waals surface area contributed by atoms with Gasteiger partial charge in [-0.05, 0) is 37.1 Å². The molecule has 1 fully saturated rings. The van der Waals surface area contributed by atoms with E-state index < -0.39 is 12.0 Å². The zero-order chi connectivity index (χ0) is 13.7. The normalized spacial score (nSPS) is 20.6. The second kappa shape index (κ2) is 6.43. The molecule has 5 heteroatoms. The van der Waals surface area contributed by atoms with Crippen molar-refractivity contribution in [3.8, 4) is 5.75 Å². The number of methoxy groups -OCH3 is 1. The van der Waals surface area contributed by atoms with Crippen molar-refractivity contribution < 1.29 is 19.4 Å². The zero-order valence-electron chi connectivity index (χ0n) is 11.0. The SMILES string of the molecule is COc1ccc(NC(C(=O)O)C2CCCOC2)cc1. The van der Waals surface area contributed by atoms with E-state index in [2.05, 4.69) is 5.32 Å². The predicted molar refractivity (Wildman–Crippen MR) is 71.6 cm³/mol. The first-order valence-corrected chi connectivity index (χ1v) is 6.42. The number of hydrogen-bond acceptors (Lipinski definition) is 4. The Morgan fingerprint density at radius 1 is 1.47 bits per heavy atom. The summed E-state index contributed by atoms with van der Waals surface area (Å²) < 4.78 is 10.4. The van der Waals surface area contributed by atoms with E-state index in [-0.39, 0.29) is 5.92 Å². The molecule has 1 aromatic carbocycles. The van der Waals surface area contributed by atoms with E-state index in [0.29, 0.717) is 6.61 Å². The molecule has 2 unspecified atom stereocenters. The van der Waals surface area contributed by atoms with Gasteiger partial charge in [-0.15, -0.1) is 0 Å². The van der Waals surface area contributed by atoms with Crippen LogP contribution in [0.3, 0.4) is 0 Å². The van der Waals surface area contributed by atoms with Gasteiger partial charge in [0.25, 0.3) is 0 Å². The topological polar surface area (TPSA) is 67.8 Å². The fourth-order valence-corrected chi connectivity index (χ4v) is 2.28. The van der Waals surface area contributed by atoms with Crippen molar-refractivity contribution in [3.63, 3.8) is 0 Å². The molecule has 1 heterocycles. The Morgan fingerprint density at radius 2 is 2.21 bits per heavy atom. The largest absolute Gasteiger partial charge is 0.497 e. The van der Waals surface area contributed by atoms with Crippen molar-refractivity contribution in [2.45, 2.75) is 18.9 Å². The lowest BCUT2D eigenvalue weighted by atomic mass is 9.93. The van der Waals surface area contributed by atoms with Crippen molar-refractivity contribution in [3.05, 3.63) is 24.3 Å². The van der Waals surface area contributed by atoms with Crippen LogP contribution in [0.2, 0.25) is 0 Å². The molecule has 0 saturated carbocycles. The Kier molecular flexibility index (Phi) is 4.63. The van der Waals surface area contributed by atoms with E-state index in [1.54, 1.807) is 19.2 Å². The fourth-order valence-electron chi connectivity index (χ4n) is 2.28. The minimum Gasteiger partial charge on any atom is -0.497 e. The van der Waals surface area contributed by atoms with Crippen LogP contribution >= 0.6 is 0 Å². The van der Waals surface area contributed by atoms with Gasteiger partial charge in [0.15, 0.2) is 0 Å². The standard InChI is InChI=1S/C14H19NO4/c1-18-12-6-4-11(5-7-12)15-13(14(16)17)10-3-2-8-19-9-10/h4-7,10,13,15H,2-3,8-9H2,1H3,(H,16,17). The van der Waals surface area contributed by atoms with Crippen molar-refractivity contribution >= 4 is 11.7 Å². The van der Waals surface area contributed by atoms with Crippen LogP contribution in [0, 0.1) is 5.92 Å². The number of aliphatic carboxylic acids is 1. The third kappa shape index (κ3) is 3.61. The first kappa shape index (κ1) is 13.7. The number of benzene rings is 1. The van der Waals surface area contributed by atoms with E-state index in [1.165, 1.54) is 0 Å². The molecule has 2 rings (SSSR count). The minimum absolute atomic E-state index is 0.00773. The number of rotatable bonds is 5. The molecule has 1 aliphatic heterocycles. The molecule has 104 valence electrons. The highest BCUT2D eigenvalue weighted by molar-refractivity contribution is 5.77. The lowest BCUT2D eigenvalue weighted by molar-refractivity contribution is -0.140. The Balaban J connectivity index is 2.04. The summed E-state index contributed by atoms with van der Waals surface area (Å²) in [5, 5.41) is 12.4. The molecule has 0 aliphatic carbocycles. The number of ether oxygens (including phenoxy) is 2. The number of hydrogen-bond donors (Lipinski definition) is 2. The summed E-state index contributed by atoms with van der Waals surface area (Å²) in [6.07, 6.45) is 1.79. The fraction of sp³-hybridized carbons (Fsp3) is 0.500. The molecule has 0 aromatic heterocycles. The highest BCUT2D eigenvalue weighted by atomic mass is 16.5. The third-order valence-corrected chi connectivity index (χ3v) is 3.35. The van der Waals surface area contributed by atoms with Gasteiger partial charge < -0.3 is 19.9 Å². The smallest absolute Gasteiger partial charge is 0.326 e. The van der Waals surface area contributed by atoms with Crippen LogP contribution in [0.5, 0.6) is 5.75 Å². The Morgan fingerprint density at radius 3 is 2.74 bits per heavy atom. The molecular formula is C14H19NO4. The first-order chi connectivity index (χ1) is 9.20. The molecule has 2 N–H and O–H groups in total. The second-order valence-electron chi connectivity index (χ2n) is 4.67. The van der Waals surface area contributed by atoms with Gasteiger partial charge >= 0.3 is 5.97 Å². The highest BCUT2D eigenvalue weighted by Crippen LogP contribution is 2.22. The quantitative estimate of drug-likeness (QED) is 0.852. The van der Waals surface area contributed by atoms with E-state index in [0.717, 1.165) is 30.9 Å². The van der Waals surface area contributed by atoms with E-state index >= 15 is 0 Å². The maximum Gasteiger partial charge on any atom is 0.326 e. The van der Waals surface area contributed by atoms with Crippen LogP contribution < -0.4 is 10.1 Å². The lowest BCUT2D eigenvalue weighted by Crippen LogP contribution is -2.40. The number of anilines is 1. The predicted octanol–water partition coefficient (Wildman–Crippen LogP) is 1.99. The summed E-state index contributed by atoms with van der Waals surface area (Å²) in [6, 6.07) is 6.63. The van der Waals surface area contributed by atoms with Crippen LogP contribution in [0.1, 0.15) is 12.8 Å². The average Bonchev–Trinajstić information content (AvgIpc) is 2.46. The molecule has 2 atom stereocenters. The molecular weight excluding hydrogens is 246 g/mol. The van der Waals surface area contributed by atoms with E-state index in [1.807, 2.05) is 12.1 Å². The summed E-state index contributed by atoms with van der Waals surface area (Å²) in [6.45, 7) is 1.23. The van der Waals surface area contributed by atoms with Gasteiger partial charge in [-0.25, -0.2) is 4.79 Å². The number of carboxylic acid groups (broad SMARTS) is 1. The van der Waals surface area contributed by atoms with E-state index in [9.17, 15) is 9.90 Å². The van der Waals surface area contributed by atoms with Gasteiger partial charge in [-0.3, -0.25) is 0 Å². The molecule has 0 amide bonds. The van der Waals surface area contributed by atoms with Crippen LogP contribution in [-0.4, -0.2) is 37.4 Å². The molecule has 1 saturated heterocycles. The Labute approximate surface area is 112 Å². The van der Waals surface area contributed by atoms with Crippen molar-refractivity contribution in [2.24, 2.45) is 5.92 Å². The highest BCUT2D eigenvalue weighted by Gasteiger charge is 2.29. The Bertz CT molecular complexity index is 412. The minimum atomic E-state index is -0.841. The van der Waals surface area contributed by atoms with Gasteiger partial charge in [0.2, 0.25) is 0 Å². The van der Waals surface area contributed by atoms with Crippen LogP contribution in [0.15, 0.2) is 24.3 Å². The van der Waals surface area contributed by atoms with Crippen molar-refractivity contribution in [1.82, 2.24) is 0 Å². The molecule has 0 spiro atoms. The summed E-state index contributed by atoms with van der Waals surface area (Å²) in [5.41, 5.74) is 0.777. The van der Waals surface area contributed by atoms with Crippen molar-refractivity contribution in [1.29, 1.82) is 0 Å². The molecule has 19 heavy (non-hydrogen) atoms. The van der Waals surface area contributed by atoms with Crippen LogP contribution in [0.4, 0.5) is 5.69 Å². The maximum absolute atomic E-state index is 11.4. The van der Waals surface area contributed by atoms with Crippen molar-refractivity contribution in [2.75, 3.05) is 25.6 Å². The molecule has 0 radical (unpaired) electrons. The monoisotopic (exact) mass is 265 g/mol. The van der Waals surface area contributed by atoms with Gasteiger partial charge in [-0.2, -0.15) is 0 Å². The van der Waals surface area contributed by atoms with Crippen LogP contribution in [0.25, 0.3) is 0 Å². The van der Waals surface area contributed by atoms with E-state index in [4.69, 9.17) is 9.47 Å². The summed E-state index contributed by atoms with van der Waals surface area (Å²) in [5.74, 6) is -0.0851. The third-order valence-electron chi connectivity index (χ3n) is 3.35. The molecule has 0 bridgehead atoms. The molecule has 1 aromatic rings. The second-order valence-corrected chi connectivity index (χ2v) is 4.67. The first-order valence-electron chi connectivity index (χ1n) is 6.42. The average molecular weight is 265 g/mol. The summed E-state index contributed by atoms with van der Waals surface area (Å²) >= 11 is 0. The number of nitrogens with one attached hydrogen (secondary N) is 1. The maximum atomic E-state index is 11.4. The summed E-state index contributed by atoms with van der Waals surface area (Å²) in [4.78, 5) is 11.4. The van der Waals surface area contributed by atoms with Gasteiger partial charge in [0, 0.05) is 18.2 Å². The molecule has 1 aliphatic rings. The van der Waals surface area contributed by atoms with Gasteiger partial charge in [0.1, 0.15) is 11.8 Å². The Hall–Kier alpha value is -1.75.